The molecule has 0 heterocycles. The van der Waals surface area contributed by atoms with Crippen LogP contribution in [0.2, 0.25) is 0 Å². The Morgan fingerprint density at radius 2 is 1.94 bits per heavy atom. The first kappa shape index (κ1) is 17.1. The van der Waals surface area contributed by atoms with E-state index in [9.17, 15) is 9.59 Å². The van der Waals surface area contributed by atoms with E-state index >= 15 is 0 Å². The molecule has 18 heavy (non-hydrogen) atoms. The summed E-state index contributed by atoms with van der Waals surface area (Å²) in [5.41, 5.74) is 0.857. The third kappa shape index (κ3) is 4.43. The molecule has 0 amide bonds. The van der Waals surface area contributed by atoms with Crippen LogP contribution in [-0.2, 0) is 29.9 Å². The molecule has 0 atom stereocenters. The molecule has 0 unspecified atom stereocenters. The van der Waals surface area contributed by atoms with Gasteiger partial charge in [-0.2, -0.15) is 0 Å². The summed E-state index contributed by atoms with van der Waals surface area (Å²) in [5, 5.41) is 8.99. The van der Waals surface area contributed by atoms with Gasteiger partial charge in [0.15, 0.2) is 0 Å². The summed E-state index contributed by atoms with van der Waals surface area (Å²) in [6.45, 7) is 3.78. The second kappa shape index (κ2) is 9.12. The van der Waals surface area contributed by atoms with E-state index in [-0.39, 0.29) is 17.7 Å². The van der Waals surface area contributed by atoms with Crippen LogP contribution in [0.25, 0.3) is 0 Å². The molecule has 1 aromatic carbocycles. The van der Waals surface area contributed by atoms with Crippen molar-refractivity contribution >= 4 is 21.4 Å². The fraction of sp³-hybridized carbons (Fsp3) is 0.333. The minimum atomic E-state index is -1.11. The molecule has 0 aliphatic rings. The number of aryl methyl sites for hydroxylation is 1. The number of aromatic carboxylic acids is 1. The molecule has 0 fully saturated rings. The summed E-state index contributed by atoms with van der Waals surface area (Å²) in [7, 11) is 4.61. The van der Waals surface area contributed by atoms with Gasteiger partial charge in [0.05, 0.1) is 17.7 Å². The second-order valence-corrected chi connectivity index (χ2v) is 3.22. The number of halogens is 1. The van der Waals surface area contributed by atoms with Crippen molar-refractivity contribution in [3.05, 3.63) is 34.9 Å². The molecular weight excluding hydrogens is 439 g/mol. The van der Waals surface area contributed by atoms with E-state index in [1.807, 2.05) is 6.92 Å². The molecule has 0 aromatic heterocycles. The van der Waals surface area contributed by atoms with Gasteiger partial charge in [0.25, 0.3) is 0 Å². The molecule has 0 radical (unpaired) electrons. The van der Waals surface area contributed by atoms with E-state index in [4.69, 9.17) is 9.84 Å². The van der Waals surface area contributed by atoms with Crippen LogP contribution < -0.4 is 0 Å². The molecule has 0 aliphatic carbocycles. The molecule has 0 bridgehead atoms. The quantitative estimate of drug-likeness (QED) is 0.714. The molecular formula is C12H14ClO4Pt. The molecule has 1 rings (SSSR count). The zero-order valence-corrected chi connectivity index (χ0v) is 13.0. The molecule has 0 saturated heterocycles. The van der Waals surface area contributed by atoms with Gasteiger partial charge in [0, 0.05) is 0 Å². The molecule has 0 saturated carbocycles. The summed E-state index contributed by atoms with van der Waals surface area (Å²) in [6, 6.07) is 4.78. The summed E-state index contributed by atoms with van der Waals surface area (Å²) in [6.07, 6.45) is 0.593. The summed E-state index contributed by atoms with van der Waals surface area (Å²) in [4.78, 5) is 22.7. The first-order chi connectivity index (χ1) is 8.61. The van der Waals surface area contributed by atoms with Crippen molar-refractivity contribution in [1.29, 1.82) is 0 Å². The van der Waals surface area contributed by atoms with Crippen molar-refractivity contribution in [3.8, 4) is 0 Å². The van der Waals surface area contributed by atoms with E-state index < -0.39 is 11.9 Å². The number of benzene rings is 1. The third-order valence-electron chi connectivity index (χ3n) is 2.24. The van der Waals surface area contributed by atoms with Crippen molar-refractivity contribution in [2.75, 3.05) is 6.61 Å². The fourth-order valence-corrected chi connectivity index (χ4v) is 1.52. The summed E-state index contributed by atoms with van der Waals surface area (Å²) >= 11 is 1.61. The summed E-state index contributed by atoms with van der Waals surface area (Å²) in [5.74, 6) is -1.68. The van der Waals surface area contributed by atoms with Gasteiger partial charge < -0.3 is 9.84 Å². The van der Waals surface area contributed by atoms with Crippen LogP contribution >= 0.6 is 9.42 Å². The number of carboxylic acid groups (broad SMARTS) is 1. The number of carbonyl (C=O) groups is 2. The first-order valence-electron chi connectivity index (χ1n) is 5.26. The number of carboxylic acids is 1. The second-order valence-electron chi connectivity index (χ2n) is 3.22. The molecule has 1 aromatic rings. The van der Waals surface area contributed by atoms with E-state index in [0.29, 0.717) is 12.0 Å². The van der Waals surface area contributed by atoms with Crippen LogP contribution in [0.4, 0.5) is 0 Å². The van der Waals surface area contributed by atoms with Gasteiger partial charge in [-0.15, -0.1) is 0 Å². The number of carbonyl (C=O) groups excluding carboxylic acids is 1. The SMILES string of the molecule is CCOC(=O)c1c(CC)cccc1C(=O)O.[Cl][Pt]. The van der Waals surface area contributed by atoms with Gasteiger partial charge in [0.2, 0.25) is 0 Å². The fourth-order valence-electron chi connectivity index (χ4n) is 1.52. The van der Waals surface area contributed by atoms with Crippen LogP contribution in [0.1, 0.15) is 40.1 Å². The van der Waals surface area contributed by atoms with Crippen LogP contribution in [0.5, 0.6) is 0 Å². The van der Waals surface area contributed by atoms with Crippen LogP contribution in [0.3, 0.4) is 0 Å². The van der Waals surface area contributed by atoms with E-state index in [1.165, 1.54) is 6.07 Å². The Bertz CT molecular complexity index is 421. The number of hydrogen-bond acceptors (Lipinski definition) is 3. The summed E-state index contributed by atoms with van der Waals surface area (Å²) < 4.78 is 4.86. The van der Waals surface area contributed by atoms with E-state index in [1.54, 1.807) is 37.8 Å². The molecule has 0 spiro atoms. The zero-order chi connectivity index (χ0) is 14.1. The Morgan fingerprint density at radius 1 is 1.33 bits per heavy atom. The van der Waals surface area contributed by atoms with E-state index in [2.05, 4.69) is 9.42 Å². The number of hydrogen-bond donors (Lipinski definition) is 1. The Kier molecular flexibility index (Phi) is 8.68. The first-order valence-corrected chi connectivity index (χ1v) is 8.07. The van der Waals surface area contributed by atoms with Gasteiger partial charge in [-0.3, -0.25) is 0 Å². The van der Waals surface area contributed by atoms with Crippen molar-refractivity contribution in [3.63, 3.8) is 0 Å². The molecule has 6 heteroatoms. The molecule has 103 valence electrons. The standard InChI is InChI=1S/C12H14O4.ClH.Pt/c1-3-8-6-5-7-9(11(13)14)10(8)12(15)16-4-2;;/h5-7H,3-4H2,1-2H3,(H,13,14);1H;/q;;+1/p-1. The monoisotopic (exact) mass is 452 g/mol. The van der Waals surface area contributed by atoms with Gasteiger partial charge >= 0.3 is 40.1 Å². The van der Waals surface area contributed by atoms with Crippen molar-refractivity contribution in [2.45, 2.75) is 20.3 Å². The predicted molar refractivity (Wildman–Crippen MR) is 64.6 cm³/mol. The van der Waals surface area contributed by atoms with Crippen LogP contribution in [-0.4, -0.2) is 23.7 Å². The third-order valence-corrected chi connectivity index (χ3v) is 2.24. The van der Waals surface area contributed by atoms with Crippen LogP contribution in [0, 0.1) is 0 Å². The van der Waals surface area contributed by atoms with Gasteiger partial charge in [-0.25, -0.2) is 9.59 Å². The number of ether oxygens (including phenoxy) is 1. The van der Waals surface area contributed by atoms with Crippen molar-refractivity contribution < 1.29 is 38.2 Å². The molecule has 1 N–H and O–H groups in total. The Hall–Kier alpha value is -0.862. The average Bonchev–Trinajstić information content (AvgIpc) is 2.40. The van der Waals surface area contributed by atoms with E-state index in [0.717, 1.165) is 0 Å². The number of esters is 1. The van der Waals surface area contributed by atoms with Crippen LogP contribution in [0.15, 0.2) is 18.2 Å². The average molecular weight is 453 g/mol. The van der Waals surface area contributed by atoms with Crippen molar-refractivity contribution in [2.24, 2.45) is 0 Å². The Balaban J connectivity index is 0.00000137. The molecule has 4 nitrogen and oxygen atoms in total. The maximum atomic E-state index is 11.7. The normalized spacial score (nSPS) is 9.17. The zero-order valence-electron chi connectivity index (χ0n) is 10.0. The number of rotatable bonds is 4. The molecule has 0 aliphatic heterocycles. The van der Waals surface area contributed by atoms with Crippen molar-refractivity contribution in [1.82, 2.24) is 0 Å². The van der Waals surface area contributed by atoms with Gasteiger partial charge in [-0.1, -0.05) is 19.1 Å². The Morgan fingerprint density at radius 3 is 2.39 bits per heavy atom. The topological polar surface area (TPSA) is 63.6 Å². The predicted octanol–water partition coefficient (Wildman–Crippen LogP) is 2.81. The van der Waals surface area contributed by atoms with Gasteiger partial charge in [0.1, 0.15) is 0 Å². The maximum absolute atomic E-state index is 11.7. The van der Waals surface area contributed by atoms with Gasteiger partial charge in [-0.05, 0) is 25.0 Å². The Labute approximate surface area is 121 Å². The minimum absolute atomic E-state index is 0.00204.